The van der Waals surface area contributed by atoms with Gasteiger partial charge in [0, 0.05) is 36.3 Å². The number of aliphatic carboxylic acids is 1. The molecule has 0 bridgehead atoms. The van der Waals surface area contributed by atoms with Crippen LogP contribution in [0.5, 0.6) is 5.75 Å². The van der Waals surface area contributed by atoms with Crippen molar-refractivity contribution >= 4 is 35.0 Å². The molecule has 2 aliphatic heterocycles. The van der Waals surface area contributed by atoms with Crippen LogP contribution in [0, 0.1) is 0 Å². The molecule has 2 aromatic rings. The highest BCUT2D eigenvalue weighted by Crippen LogP contribution is 2.47. The molecular weight excluding hydrogens is 465 g/mol. The van der Waals surface area contributed by atoms with Crippen LogP contribution in [0.25, 0.3) is 0 Å². The van der Waals surface area contributed by atoms with Gasteiger partial charge in [0.2, 0.25) is 0 Å². The van der Waals surface area contributed by atoms with Gasteiger partial charge in [-0.15, -0.1) is 23.1 Å². The molecule has 172 valence electrons. The highest BCUT2D eigenvalue weighted by atomic mass is 32.2. The van der Waals surface area contributed by atoms with E-state index in [4.69, 9.17) is 14.6 Å². The van der Waals surface area contributed by atoms with E-state index in [-0.39, 0.29) is 16.8 Å². The predicted octanol–water partition coefficient (Wildman–Crippen LogP) is 4.04. The first-order chi connectivity index (χ1) is 15.2. The molecule has 1 aliphatic carbocycles. The number of carboxylic acid groups (broad SMARTS) is 1. The lowest BCUT2D eigenvalue weighted by molar-refractivity contribution is -0.192. The highest BCUT2D eigenvalue weighted by Gasteiger charge is 2.51. The first-order valence-electron chi connectivity index (χ1n) is 10.1. The van der Waals surface area contributed by atoms with Gasteiger partial charge in [-0.2, -0.15) is 13.2 Å². The topological polar surface area (TPSA) is 79.7 Å². The molecule has 3 aliphatic rings. The second kappa shape index (κ2) is 8.93. The number of thiophene rings is 1. The van der Waals surface area contributed by atoms with Crippen molar-refractivity contribution in [1.29, 1.82) is 0 Å². The number of ether oxygens (including phenoxy) is 1. The van der Waals surface area contributed by atoms with Crippen LogP contribution in [0.3, 0.4) is 0 Å². The number of alkyl halides is 3. The van der Waals surface area contributed by atoms with Gasteiger partial charge in [0.05, 0.1) is 15.8 Å². The van der Waals surface area contributed by atoms with Gasteiger partial charge in [0.15, 0.2) is 0 Å². The molecule has 1 N–H and O–H groups in total. The molecule has 1 spiro atoms. The summed E-state index contributed by atoms with van der Waals surface area (Å²) in [7, 11) is 0. The lowest BCUT2D eigenvalue weighted by atomic mass is 9.92. The Balaban J connectivity index is 0.000000307. The van der Waals surface area contributed by atoms with Crippen molar-refractivity contribution in [1.82, 2.24) is 9.88 Å². The van der Waals surface area contributed by atoms with Crippen LogP contribution < -0.4 is 4.74 Å². The van der Waals surface area contributed by atoms with Crippen LogP contribution in [0.4, 0.5) is 13.2 Å². The Hall–Kier alpha value is -2.27. The number of pyridine rings is 1. The number of carbonyl (C=O) groups excluding carboxylic acids is 1. The van der Waals surface area contributed by atoms with Crippen LogP contribution in [0.15, 0.2) is 30.6 Å². The number of nitrogens with zero attached hydrogens (tertiary/aromatic N) is 2. The third kappa shape index (κ3) is 5.03. The Morgan fingerprint density at radius 2 is 2.03 bits per heavy atom. The Bertz CT molecular complexity index is 969. The van der Waals surface area contributed by atoms with Gasteiger partial charge >= 0.3 is 12.1 Å². The number of fused-ring (bicyclic) bond motifs is 1. The number of rotatable bonds is 3. The van der Waals surface area contributed by atoms with Gasteiger partial charge in [0.25, 0.3) is 5.91 Å². The van der Waals surface area contributed by atoms with E-state index >= 15 is 0 Å². The molecule has 4 heterocycles. The molecule has 2 saturated heterocycles. The quantitative estimate of drug-likeness (QED) is 0.706. The summed E-state index contributed by atoms with van der Waals surface area (Å²) in [4.78, 5) is 30.1. The Kier molecular flexibility index (Phi) is 6.39. The van der Waals surface area contributed by atoms with Crippen molar-refractivity contribution in [3.8, 4) is 5.75 Å². The van der Waals surface area contributed by atoms with E-state index in [2.05, 4.69) is 11.1 Å². The SMILES string of the molecule is O=C(O)C(F)(F)F.O=C(c1cc2c(s1)CCC2)N1CC2(CC(Oc3cccnc3)CS2)C1. The standard InChI is InChI=1S/C19H20N2O2S2.C2HF3O2/c22-18(17-7-13-3-1-5-16(13)25-17)21-11-19(12-21)8-15(10-24-19)23-14-4-2-6-20-9-14;3-2(4,5)1(6)7/h2,4,6-7,9,15H,1,3,5,8,10-12H2;(H,6,7). The second-order valence-electron chi connectivity index (χ2n) is 8.00. The molecule has 0 radical (unpaired) electrons. The van der Waals surface area contributed by atoms with Crippen LogP contribution in [0.1, 0.15) is 33.0 Å². The number of aryl methyl sites for hydroxylation is 2. The maximum atomic E-state index is 12.7. The number of carbonyl (C=O) groups is 2. The summed E-state index contributed by atoms with van der Waals surface area (Å²) in [5.41, 5.74) is 1.41. The molecule has 1 atom stereocenters. The first-order valence-corrected chi connectivity index (χ1v) is 11.9. The van der Waals surface area contributed by atoms with E-state index in [0.717, 1.165) is 48.7 Å². The zero-order valence-electron chi connectivity index (χ0n) is 16.9. The molecule has 1 unspecified atom stereocenters. The number of likely N-dealkylation sites (tertiary alicyclic amines) is 1. The summed E-state index contributed by atoms with van der Waals surface area (Å²) < 4.78 is 38.0. The van der Waals surface area contributed by atoms with Gasteiger partial charge in [-0.25, -0.2) is 4.79 Å². The molecule has 2 fully saturated rings. The summed E-state index contributed by atoms with van der Waals surface area (Å²) in [5.74, 6) is -0.704. The van der Waals surface area contributed by atoms with Crippen molar-refractivity contribution in [2.75, 3.05) is 18.8 Å². The van der Waals surface area contributed by atoms with Crippen molar-refractivity contribution in [3.63, 3.8) is 0 Å². The smallest absolute Gasteiger partial charge is 0.488 e. The molecule has 0 aromatic carbocycles. The molecule has 0 saturated carbocycles. The zero-order valence-corrected chi connectivity index (χ0v) is 18.6. The number of amides is 1. The van der Waals surface area contributed by atoms with E-state index in [1.807, 2.05) is 28.8 Å². The molecule has 6 nitrogen and oxygen atoms in total. The lowest BCUT2D eigenvalue weighted by Gasteiger charge is -2.47. The molecule has 11 heteroatoms. The summed E-state index contributed by atoms with van der Waals surface area (Å²) in [5, 5.41) is 7.12. The van der Waals surface area contributed by atoms with E-state index < -0.39 is 12.1 Å². The number of carboxylic acids is 1. The van der Waals surface area contributed by atoms with Crippen LogP contribution in [0.2, 0.25) is 0 Å². The van der Waals surface area contributed by atoms with Gasteiger partial charge in [-0.05, 0) is 43.0 Å². The summed E-state index contributed by atoms with van der Waals surface area (Å²) in [6.45, 7) is 1.71. The largest absolute Gasteiger partial charge is 0.490 e. The van der Waals surface area contributed by atoms with Gasteiger partial charge < -0.3 is 14.7 Å². The number of hydrogen-bond acceptors (Lipinski definition) is 6. The minimum atomic E-state index is -5.08. The average Bonchev–Trinajstić information content (AvgIpc) is 3.41. The number of thioether (sulfide) groups is 1. The Morgan fingerprint density at radius 1 is 1.28 bits per heavy atom. The number of aromatic nitrogens is 1. The fourth-order valence-electron chi connectivity index (χ4n) is 4.09. The van der Waals surface area contributed by atoms with Crippen molar-refractivity contribution in [2.45, 2.75) is 42.7 Å². The highest BCUT2D eigenvalue weighted by molar-refractivity contribution is 8.01. The molecular formula is C21H21F3N2O4S2. The molecule has 5 rings (SSSR count). The molecule has 2 aromatic heterocycles. The Labute approximate surface area is 190 Å². The van der Waals surface area contributed by atoms with Crippen LogP contribution in [-0.4, -0.2) is 62.7 Å². The van der Waals surface area contributed by atoms with E-state index in [0.29, 0.717) is 0 Å². The van der Waals surface area contributed by atoms with E-state index in [9.17, 15) is 18.0 Å². The fourth-order valence-corrected chi connectivity index (χ4v) is 6.84. The van der Waals surface area contributed by atoms with Crippen molar-refractivity contribution < 1.29 is 32.6 Å². The van der Waals surface area contributed by atoms with Crippen LogP contribution >= 0.6 is 23.1 Å². The number of halogens is 3. The normalized spacial score (nSPS) is 20.8. The van der Waals surface area contributed by atoms with Gasteiger partial charge in [-0.1, -0.05) is 0 Å². The number of hydrogen-bond donors (Lipinski definition) is 1. The summed E-state index contributed by atoms with van der Waals surface area (Å²) in [6.07, 6.45) is 3.22. The minimum Gasteiger partial charge on any atom is -0.488 e. The Morgan fingerprint density at radius 3 is 2.66 bits per heavy atom. The van der Waals surface area contributed by atoms with Crippen LogP contribution in [-0.2, 0) is 17.6 Å². The maximum absolute atomic E-state index is 12.7. The summed E-state index contributed by atoms with van der Waals surface area (Å²) >= 11 is 3.67. The van der Waals surface area contributed by atoms with E-state index in [1.54, 1.807) is 23.7 Å². The molecule has 1 amide bonds. The van der Waals surface area contributed by atoms with Crippen molar-refractivity contribution in [3.05, 3.63) is 45.9 Å². The summed E-state index contributed by atoms with van der Waals surface area (Å²) in [6, 6.07) is 5.99. The monoisotopic (exact) mass is 486 g/mol. The third-order valence-electron chi connectivity index (χ3n) is 5.56. The van der Waals surface area contributed by atoms with E-state index in [1.165, 1.54) is 16.9 Å². The minimum absolute atomic E-state index is 0.197. The second-order valence-corrected chi connectivity index (χ2v) is 10.6. The lowest BCUT2D eigenvalue weighted by Crippen LogP contribution is -2.60. The zero-order chi connectivity index (χ0) is 22.9. The first kappa shape index (κ1) is 22.9. The average molecular weight is 487 g/mol. The van der Waals surface area contributed by atoms with Crippen molar-refractivity contribution in [2.24, 2.45) is 0 Å². The van der Waals surface area contributed by atoms with Gasteiger partial charge in [0.1, 0.15) is 11.9 Å². The third-order valence-corrected chi connectivity index (χ3v) is 8.36. The maximum Gasteiger partial charge on any atom is 0.490 e. The fraction of sp³-hybridized carbons (Fsp3) is 0.476. The molecule has 32 heavy (non-hydrogen) atoms. The predicted molar refractivity (Wildman–Crippen MR) is 114 cm³/mol. The van der Waals surface area contributed by atoms with Gasteiger partial charge in [-0.3, -0.25) is 9.78 Å².